The lowest BCUT2D eigenvalue weighted by atomic mass is 10.1. The van der Waals surface area contributed by atoms with E-state index in [-0.39, 0.29) is 15.3 Å². The quantitative estimate of drug-likeness (QED) is 0.720. The number of nitrogens with one attached hydrogen (secondary N) is 1. The molecule has 29 heavy (non-hydrogen) atoms. The monoisotopic (exact) mass is 454 g/mol. The Hall–Kier alpha value is -2.42. The number of ether oxygens (including phenoxy) is 1. The molecule has 0 saturated carbocycles. The van der Waals surface area contributed by atoms with Crippen molar-refractivity contribution in [3.8, 4) is 5.75 Å². The summed E-state index contributed by atoms with van der Waals surface area (Å²) in [5.41, 5.74) is 5.55. The number of fused-ring (bicyclic) bond motifs is 1. The van der Waals surface area contributed by atoms with Crippen LogP contribution in [0.25, 0.3) is 0 Å². The molecule has 0 saturated heterocycles. The smallest absolute Gasteiger partial charge is 0.245 e. The number of hydrogen-bond donors (Lipinski definition) is 2. The van der Waals surface area contributed by atoms with Gasteiger partial charge in [-0.2, -0.15) is 0 Å². The van der Waals surface area contributed by atoms with E-state index in [0.29, 0.717) is 29.6 Å². The van der Waals surface area contributed by atoms with E-state index in [4.69, 9.17) is 45.3 Å². The summed E-state index contributed by atoms with van der Waals surface area (Å²) in [4.78, 5) is 22.8. The van der Waals surface area contributed by atoms with Crippen molar-refractivity contribution in [2.75, 3.05) is 12.4 Å². The zero-order chi connectivity index (χ0) is 20.9. The molecule has 2 aliphatic heterocycles. The minimum Gasteiger partial charge on any atom is -0.497 e. The second kappa shape index (κ2) is 7.12. The van der Waals surface area contributed by atoms with Crippen molar-refractivity contribution in [2.24, 2.45) is 10.7 Å². The van der Waals surface area contributed by atoms with Crippen molar-refractivity contribution in [3.63, 3.8) is 0 Å². The van der Waals surface area contributed by atoms with Crippen LogP contribution < -0.4 is 15.8 Å². The van der Waals surface area contributed by atoms with Crippen molar-refractivity contribution in [3.05, 3.63) is 51.6 Å². The van der Waals surface area contributed by atoms with Crippen LogP contribution in [0.2, 0.25) is 10.3 Å². The summed E-state index contributed by atoms with van der Waals surface area (Å²) in [5, 5.41) is 3.88. The van der Waals surface area contributed by atoms with Crippen LogP contribution in [0.3, 0.4) is 0 Å². The fraction of sp³-hybridized carbons (Fsp3) is 0.278. The van der Waals surface area contributed by atoms with Crippen molar-refractivity contribution in [1.82, 2.24) is 14.5 Å². The van der Waals surface area contributed by atoms with Crippen molar-refractivity contribution < 1.29 is 9.53 Å². The first-order chi connectivity index (χ1) is 13.8. The summed E-state index contributed by atoms with van der Waals surface area (Å²) in [6, 6.07) is 6.33. The van der Waals surface area contributed by atoms with Gasteiger partial charge >= 0.3 is 0 Å². The van der Waals surface area contributed by atoms with E-state index in [2.05, 4.69) is 15.3 Å². The molecule has 1 aromatic heterocycles. The number of amides is 1. The molecule has 0 fully saturated rings. The molecule has 0 aliphatic carbocycles. The summed E-state index contributed by atoms with van der Waals surface area (Å²) in [6.07, 6.45) is 1.93. The lowest BCUT2D eigenvalue weighted by molar-refractivity contribution is -0.122. The minimum absolute atomic E-state index is 0.194. The van der Waals surface area contributed by atoms with Crippen LogP contribution in [0.1, 0.15) is 19.2 Å². The molecular formula is C18H17Cl3N6O2. The second-order valence-corrected chi connectivity index (χ2v) is 7.67. The van der Waals surface area contributed by atoms with Crippen LogP contribution in [0.5, 0.6) is 5.75 Å². The number of guanidine groups is 1. The van der Waals surface area contributed by atoms with Gasteiger partial charge in [-0.05, 0) is 18.6 Å². The van der Waals surface area contributed by atoms with E-state index in [1.807, 2.05) is 25.1 Å². The number of hydrogen-bond acceptors (Lipinski definition) is 6. The highest BCUT2D eigenvalue weighted by Gasteiger charge is 2.62. The Kier molecular flexibility index (Phi) is 4.88. The van der Waals surface area contributed by atoms with Gasteiger partial charge in [0.2, 0.25) is 11.9 Å². The lowest BCUT2D eigenvalue weighted by Gasteiger charge is -2.40. The number of nitrogens with two attached hydrogens (primary N) is 1. The zero-order valence-electron chi connectivity index (χ0n) is 15.5. The van der Waals surface area contributed by atoms with E-state index in [1.54, 1.807) is 22.6 Å². The van der Waals surface area contributed by atoms with Gasteiger partial charge < -0.3 is 15.8 Å². The molecule has 3 N–H and O–H groups in total. The molecule has 4 rings (SSSR count). The summed E-state index contributed by atoms with van der Waals surface area (Å²) in [5.74, 6) is 1.01. The highest BCUT2D eigenvalue weighted by Crippen LogP contribution is 2.53. The number of carbonyl (C=O) groups excluding carboxylic acids is 1. The lowest BCUT2D eigenvalue weighted by Crippen LogP contribution is -2.58. The number of anilines is 1. The molecule has 8 nitrogen and oxygen atoms in total. The van der Waals surface area contributed by atoms with Gasteiger partial charge in [0.1, 0.15) is 5.75 Å². The van der Waals surface area contributed by atoms with Crippen LogP contribution in [-0.4, -0.2) is 39.5 Å². The first-order valence-corrected chi connectivity index (χ1v) is 9.86. The number of methoxy groups -OCH3 is 1. The summed E-state index contributed by atoms with van der Waals surface area (Å²) in [6.45, 7) is 1.94. The Morgan fingerprint density at radius 2 is 2.14 bits per heavy atom. The minimum atomic E-state index is -0.959. The fourth-order valence-corrected chi connectivity index (χ4v) is 4.35. The molecule has 2 atom stereocenters. The average molecular weight is 456 g/mol. The van der Waals surface area contributed by atoms with Gasteiger partial charge in [-0.25, -0.2) is 9.98 Å². The Labute approximate surface area is 181 Å². The molecule has 11 heteroatoms. The van der Waals surface area contributed by atoms with Gasteiger partial charge in [-0.3, -0.25) is 14.3 Å². The first kappa shape index (κ1) is 19.9. The topological polar surface area (TPSA) is 97.8 Å². The molecule has 3 heterocycles. The van der Waals surface area contributed by atoms with Crippen LogP contribution in [0, 0.1) is 0 Å². The maximum atomic E-state index is 12.4. The molecule has 1 aromatic carbocycles. The van der Waals surface area contributed by atoms with Crippen molar-refractivity contribution in [2.45, 2.75) is 25.0 Å². The zero-order valence-corrected chi connectivity index (χ0v) is 17.8. The number of halogens is 3. The SMILES string of the molecule is CCC1(N2C(Nc3cccc(OC)c3)=NC=C(Cl)C2C(N)=O)c2nc(Cl)c(Cl)n21. The van der Waals surface area contributed by atoms with Crippen LogP contribution in [0.4, 0.5) is 5.69 Å². The van der Waals surface area contributed by atoms with E-state index < -0.39 is 17.6 Å². The Balaban J connectivity index is 1.79. The number of carbonyl (C=O) groups is 1. The van der Waals surface area contributed by atoms with Gasteiger partial charge in [-0.15, -0.1) is 0 Å². The largest absolute Gasteiger partial charge is 0.497 e. The molecule has 0 radical (unpaired) electrons. The third-order valence-electron chi connectivity index (χ3n) is 5.01. The third-order valence-corrected chi connectivity index (χ3v) is 6.02. The van der Waals surface area contributed by atoms with Crippen molar-refractivity contribution in [1.29, 1.82) is 0 Å². The molecule has 1 amide bonds. The van der Waals surface area contributed by atoms with Crippen LogP contribution in [-0.2, 0) is 10.5 Å². The summed E-state index contributed by atoms with van der Waals surface area (Å²) >= 11 is 18.7. The maximum absolute atomic E-state index is 12.4. The molecule has 0 bridgehead atoms. The van der Waals surface area contributed by atoms with Gasteiger partial charge in [0.25, 0.3) is 0 Å². The Bertz CT molecular complexity index is 1070. The van der Waals surface area contributed by atoms with Crippen LogP contribution >= 0.6 is 34.8 Å². The summed E-state index contributed by atoms with van der Waals surface area (Å²) < 4.78 is 7.01. The molecule has 2 unspecified atom stereocenters. The van der Waals surface area contributed by atoms with E-state index in [9.17, 15) is 4.79 Å². The number of nitrogens with zero attached hydrogens (tertiary/aromatic N) is 4. The first-order valence-electron chi connectivity index (χ1n) is 8.73. The number of primary amides is 1. The standard InChI is InChI=1S/C18H17Cl3N6O2/c1-3-18(16-25-13(20)14(21)27(16)18)26-12(15(22)28)11(19)8-23-17(26)24-9-5-4-6-10(7-9)29-2/h4-8,12H,3H2,1-2H3,(H2,22,28)(H,23,24). The molecule has 2 aromatic rings. The van der Waals surface area contributed by atoms with Gasteiger partial charge in [-0.1, -0.05) is 47.8 Å². The molecule has 152 valence electrons. The third kappa shape index (κ3) is 2.94. The molecule has 0 spiro atoms. The van der Waals surface area contributed by atoms with Gasteiger partial charge in [0.15, 0.2) is 27.8 Å². The van der Waals surface area contributed by atoms with Gasteiger partial charge in [0.05, 0.1) is 12.1 Å². The second-order valence-electron chi connectivity index (χ2n) is 6.52. The highest BCUT2D eigenvalue weighted by atomic mass is 35.5. The normalized spacial score (nSPS) is 22.5. The average Bonchev–Trinajstić information content (AvgIpc) is 3.24. The van der Waals surface area contributed by atoms with E-state index >= 15 is 0 Å². The number of aliphatic imine (C=N–C) groups is 1. The van der Waals surface area contributed by atoms with Gasteiger partial charge in [0, 0.05) is 18.0 Å². The fourth-order valence-electron chi connectivity index (χ4n) is 3.67. The molecular weight excluding hydrogens is 439 g/mol. The van der Waals surface area contributed by atoms with Crippen LogP contribution in [0.15, 0.2) is 40.5 Å². The maximum Gasteiger partial charge on any atom is 0.245 e. The number of imidazole rings is 1. The number of rotatable bonds is 5. The Morgan fingerprint density at radius 1 is 1.38 bits per heavy atom. The van der Waals surface area contributed by atoms with Crippen molar-refractivity contribution >= 4 is 52.4 Å². The highest BCUT2D eigenvalue weighted by molar-refractivity contribution is 6.41. The van der Waals surface area contributed by atoms with E-state index in [1.165, 1.54) is 6.20 Å². The number of aromatic nitrogens is 2. The number of benzene rings is 1. The molecule has 2 aliphatic rings. The summed E-state index contributed by atoms with van der Waals surface area (Å²) in [7, 11) is 1.58. The Morgan fingerprint density at radius 3 is 2.72 bits per heavy atom. The predicted octanol–water partition coefficient (Wildman–Crippen LogP) is 3.34. The predicted molar refractivity (Wildman–Crippen MR) is 112 cm³/mol. The van der Waals surface area contributed by atoms with E-state index in [0.717, 1.165) is 0 Å².